The molecule has 0 bridgehead atoms. The van der Waals surface area contributed by atoms with Gasteiger partial charge in [-0.1, -0.05) is 60.1 Å². The molecule has 0 aliphatic rings. The van der Waals surface area contributed by atoms with Crippen molar-refractivity contribution in [2.45, 2.75) is 6.42 Å². The van der Waals surface area contributed by atoms with Crippen LogP contribution in [0.15, 0.2) is 73.3 Å². The summed E-state index contributed by atoms with van der Waals surface area (Å²) in [4.78, 5) is 21.4. The molecule has 0 spiro atoms. The molecule has 2 N–H and O–H groups in total. The van der Waals surface area contributed by atoms with Crippen molar-refractivity contribution in [2.75, 3.05) is 18.4 Å². The maximum Gasteiger partial charge on any atom is 0.270 e. The summed E-state index contributed by atoms with van der Waals surface area (Å²) in [5, 5.41) is 6.76. The zero-order valence-corrected chi connectivity index (χ0v) is 16.1. The highest BCUT2D eigenvalue weighted by atomic mass is 35.5. The molecule has 0 fully saturated rings. The van der Waals surface area contributed by atoms with Gasteiger partial charge in [-0.25, -0.2) is 9.97 Å². The first-order chi connectivity index (χ1) is 13.7. The summed E-state index contributed by atoms with van der Waals surface area (Å²) in [5.74, 6) is 0.840. The second kappa shape index (κ2) is 9.67. The van der Waals surface area contributed by atoms with E-state index < -0.39 is 0 Å². The van der Waals surface area contributed by atoms with E-state index in [9.17, 15) is 4.79 Å². The molecule has 142 valence electrons. The molecule has 1 heterocycles. The average molecular weight is 393 g/mol. The predicted molar refractivity (Wildman–Crippen MR) is 114 cm³/mol. The minimum absolute atomic E-state index is 0.264. The highest BCUT2D eigenvalue weighted by Crippen LogP contribution is 2.18. The fourth-order valence-electron chi connectivity index (χ4n) is 2.61. The van der Waals surface area contributed by atoms with E-state index in [2.05, 4.69) is 27.2 Å². The number of nitrogens with one attached hydrogen (secondary N) is 2. The van der Waals surface area contributed by atoms with Crippen LogP contribution in [0.2, 0.25) is 5.02 Å². The molecule has 0 aliphatic heterocycles. The zero-order chi connectivity index (χ0) is 19.8. The van der Waals surface area contributed by atoms with Crippen LogP contribution in [0, 0.1) is 0 Å². The van der Waals surface area contributed by atoms with Gasteiger partial charge in [0.1, 0.15) is 11.5 Å². The van der Waals surface area contributed by atoms with Gasteiger partial charge in [-0.2, -0.15) is 0 Å². The second-order valence-electron chi connectivity index (χ2n) is 6.13. The molecule has 3 aromatic rings. The van der Waals surface area contributed by atoms with Crippen LogP contribution in [0.4, 0.5) is 5.82 Å². The largest absolute Gasteiger partial charge is 0.370 e. The average Bonchev–Trinajstić information content (AvgIpc) is 2.74. The van der Waals surface area contributed by atoms with Crippen LogP contribution in [0.25, 0.3) is 11.4 Å². The molecule has 28 heavy (non-hydrogen) atoms. The maximum absolute atomic E-state index is 12.4. The maximum atomic E-state index is 12.4. The van der Waals surface area contributed by atoms with Crippen LogP contribution in [-0.4, -0.2) is 29.0 Å². The number of hydrogen-bond donors (Lipinski definition) is 2. The van der Waals surface area contributed by atoms with Crippen molar-refractivity contribution in [1.29, 1.82) is 0 Å². The summed E-state index contributed by atoms with van der Waals surface area (Å²) >= 11 is 5.92. The molecule has 1 amide bonds. The van der Waals surface area contributed by atoms with Crippen molar-refractivity contribution < 1.29 is 4.79 Å². The molecule has 3 rings (SSSR count). The van der Waals surface area contributed by atoms with Gasteiger partial charge >= 0.3 is 0 Å². The zero-order valence-electron chi connectivity index (χ0n) is 15.4. The van der Waals surface area contributed by atoms with E-state index in [1.165, 1.54) is 0 Å². The van der Waals surface area contributed by atoms with Crippen molar-refractivity contribution in [3.05, 3.63) is 89.6 Å². The molecular formula is C22H21ClN4O. The molecule has 5 nitrogen and oxygen atoms in total. The molecule has 0 aliphatic carbocycles. The Morgan fingerprint density at radius 2 is 1.82 bits per heavy atom. The molecule has 0 atom stereocenters. The Morgan fingerprint density at radius 3 is 2.54 bits per heavy atom. The monoisotopic (exact) mass is 392 g/mol. The number of amides is 1. The minimum atomic E-state index is -0.264. The van der Waals surface area contributed by atoms with Crippen LogP contribution in [-0.2, 0) is 6.42 Å². The van der Waals surface area contributed by atoms with Crippen molar-refractivity contribution in [3.63, 3.8) is 0 Å². The van der Waals surface area contributed by atoms with E-state index in [-0.39, 0.29) is 5.91 Å². The number of hydrogen-bond acceptors (Lipinski definition) is 4. The Labute approximate surface area is 169 Å². The first kappa shape index (κ1) is 19.6. The van der Waals surface area contributed by atoms with E-state index in [1.807, 2.05) is 54.6 Å². The summed E-state index contributed by atoms with van der Waals surface area (Å²) in [6.45, 7) is 4.66. The van der Waals surface area contributed by atoms with Gasteiger partial charge in [0, 0.05) is 29.7 Å². The van der Waals surface area contributed by atoms with Crippen LogP contribution in [0.1, 0.15) is 16.1 Å². The lowest BCUT2D eigenvalue weighted by atomic mass is 10.1. The Bertz CT molecular complexity index is 943. The molecular weight excluding hydrogens is 372 g/mol. The fourth-order valence-corrected chi connectivity index (χ4v) is 2.74. The summed E-state index contributed by atoms with van der Waals surface area (Å²) < 4.78 is 0. The number of anilines is 1. The highest BCUT2D eigenvalue weighted by molar-refractivity contribution is 6.30. The van der Waals surface area contributed by atoms with E-state index in [4.69, 9.17) is 11.6 Å². The van der Waals surface area contributed by atoms with E-state index >= 15 is 0 Å². The number of benzene rings is 2. The number of nitrogens with zero attached hydrogens (tertiary/aromatic N) is 2. The van der Waals surface area contributed by atoms with Crippen LogP contribution < -0.4 is 10.6 Å². The SMILES string of the molecule is C=CCNC(=O)c1cc(NCCc2ccc(Cl)cc2)nc(-c2ccccc2)n1. The second-order valence-corrected chi connectivity index (χ2v) is 6.57. The van der Waals surface area contributed by atoms with Gasteiger partial charge in [-0.15, -0.1) is 6.58 Å². The van der Waals surface area contributed by atoms with Gasteiger partial charge < -0.3 is 10.6 Å². The minimum Gasteiger partial charge on any atom is -0.370 e. The molecule has 2 aromatic carbocycles. The normalized spacial score (nSPS) is 10.3. The lowest BCUT2D eigenvalue weighted by Crippen LogP contribution is -2.25. The van der Waals surface area contributed by atoms with Crippen LogP contribution >= 0.6 is 11.6 Å². The first-order valence-electron chi connectivity index (χ1n) is 8.97. The van der Waals surface area contributed by atoms with Crippen molar-refractivity contribution in [2.24, 2.45) is 0 Å². The smallest absolute Gasteiger partial charge is 0.270 e. The molecule has 0 unspecified atom stereocenters. The van der Waals surface area contributed by atoms with Gasteiger partial charge in [-0.3, -0.25) is 4.79 Å². The molecule has 0 saturated carbocycles. The summed E-state index contributed by atoms with van der Waals surface area (Å²) in [6, 6.07) is 19.0. The lowest BCUT2D eigenvalue weighted by Gasteiger charge is -2.10. The summed E-state index contributed by atoms with van der Waals surface area (Å²) in [6.07, 6.45) is 2.43. The van der Waals surface area contributed by atoms with E-state index in [1.54, 1.807) is 12.1 Å². The van der Waals surface area contributed by atoms with Gasteiger partial charge in [0.25, 0.3) is 5.91 Å². The Hall–Kier alpha value is -3.18. The van der Waals surface area contributed by atoms with Gasteiger partial charge in [0.15, 0.2) is 5.82 Å². The third-order valence-corrected chi connectivity index (χ3v) is 4.28. The van der Waals surface area contributed by atoms with Crippen LogP contribution in [0.5, 0.6) is 0 Å². The van der Waals surface area contributed by atoms with Crippen molar-refractivity contribution >= 4 is 23.3 Å². The fraction of sp³-hybridized carbons (Fsp3) is 0.136. The van der Waals surface area contributed by atoms with Crippen molar-refractivity contribution in [1.82, 2.24) is 15.3 Å². The summed E-state index contributed by atoms with van der Waals surface area (Å²) in [5.41, 5.74) is 2.32. The number of rotatable bonds is 8. The highest BCUT2D eigenvalue weighted by Gasteiger charge is 2.12. The predicted octanol–water partition coefficient (Wildman–Crippen LogP) is 4.37. The molecule has 0 radical (unpaired) electrons. The number of carbonyl (C=O) groups is 1. The first-order valence-corrected chi connectivity index (χ1v) is 9.35. The lowest BCUT2D eigenvalue weighted by molar-refractivity contribution is 0.0953. The van der Waals surface area contributed by atoms with E-state index in [0.29, 0.717) is 30.4 Å². The number of aromatic nitrogens is 2. The third-order valence-electron chi connectivity index (χ3n) is 4.03. The van der Waals surface area contributed by atoms with E-state index in [0.717, 1.165) is 22.6 Å². The van der Waals surface area contributed by atoms with Gasteiger partial charge in [-0.05, 0) is 24.1 Å². The Morgan fingerprint density at radius 1 is 1.07 bits per heavy atom. The van der Waals surface area contributed by atoms with Crippen LogP contribution in [0.3, 0.4) is 0 Å². The van der Waals surface area contributed by atoms with Crippen molar-refractivity contribution in [3.8, 4) is 11.4 Å². The number of carbonyl (C=O) groups excluding carboxylic acids is 1. The number of halogens is 1. The quantitative estimate of drug-likeness (QED) is 0.559. The molecule has 0 saturated heterocycles. The molecule has 6 heteroatoms. The topological polar surface area (TPSA) is 66.9 Å². The standard InChI is InChI=1S/C22H21ClN4O/c1-2-13-25-22(28)19-15-20(24-14-12-16-8-10-18(23)11-9-16)27-21(26-19)17-6-4-3-5-7-17/h2-11,15H,1,12-14H2,(H,25,28)(H,24,26,27). The third kappa shape index (κ3) is 5.41. The summed E-state index contributed by atoms with van der Waals surface area (Å²) in [7, 11) is 0. The Balaban J connectivity index is 1.79. The Kier molecular flexibility index (Phi) is 6.76. The van der Waals surface area contributed by atoms with Gasteiger partial charge in [0.2, 0.25) is 0 Å². The van der Waals surface area contributed by atoms with Gasteiger partial charge in [0.05, 0.1) is 0 Å². The molecule has 1 aromatic heterocycles.